The summed E-state index contributed by atoms with van der Waals surface area (Å²) in [7, 11) is 0. The molecule has 3 fully saturated rings. The second-order valence-electron chi connectivity index (χ2n) is 8.14. The van der Waals surface area contributed by atoms with Crippen molar-refractivity contribution in [3.63, 3.8) is 0 Å². The lowest BCUT2D eigenvalue weighted by Gasteiger charge is -2.30. The number of hydrogen-bond donors (Lipinski definition) is 2. The Kier molecular flexibility index (Phi) is 5.25. The van der Waals surface area contributed by atoms with Crippen molar-refractivity contribution in [1.29, 1.82) is 0 Å². The molecular formula is C21H28N3O3+. The molecule has 0 radical (unpaired) electrons. The van der Waals surface area contributed by atoms with Crippen molar-refractivity contribution >= 4 is 23.4 Å². The fourth-order valence-electron chi connectivity index (χ4n) is 4.82. The predicted molar refractivity (Wildman–Crippen MR) is 101 cm³/mol. The molecule has 2 saturated heterocycles. The summed E-state index contributed by atoms with van der Waals surface area (Å²) in [6.07, 6.45) is 5.42. The average molecular weight is 370 g/mol. The Morgan fingerprint density at radius 1 is 0.963 bits per heavy atom. The van der Waals surface area contributed by atoms with Gasteiger partial charge in [0.05, 0.1) is 24.9 Å². The first-order chi connectivity index (χ1) is 13.1. The number of para-hydroxylation sites is 1. The van der Waals surface area contributed by atoms with Crippen molar-refractivity contribution in [2.24, 2.45) is 17.8 Å². The van der Waals surface area contributed by atoms with Crippen LogP contribution < -0.4 is 10.2 Å². The fraction of sp³-hybridized carbons (Fsp3) is 0.571. The third-order valence-corrected chi connectivity index (χ3v) is 6.42. The summed E-state index contributed by atoms with van der Waals surface area (Å²) in [6.45, 7) is 2.11. The van der Waals surface area contributed by atoms with Gasteiger partial charge in [-0.15, -0.1) is 0 Å². The van der Waals surface area contributed by atoms with Crippen molar-refractivity contribution in [3.05, 3.63) is 30.3 Å². The highest BCUT2D eigenvalue weighted by Crippen LogP contribution is 2.37. The van der Waals surface area contributed by atoms with Crippen molar-refractivity contribution in [2.45, 2.75) is 38.5 Å². The van der Waals surface area contributed by atoms with Gasteiger partial charge in [0.1, 0.15) is 0 Å². The first-order valence-electron chi connectivity index (χ1n) is 10.2. The van der Waals surface area contributed by atoms with Crippen LogP contribution in [-0.4, -0.2) is 42.4 Å². The zero-order valence-electron chi connectivity index (χ0n) is 15.7. The lowest BCUT2D eigenvalue weighted by molar-refractivity contribution is -0.913. The van der Waals surface area contributed by atoms with Crippen molar-refractivity contribution in [2.75, 3.05) is 25.1 Å². The molecule has 1 aliphatic carbocycles. The molecule has 3 aliphatic rings. The lowest BCUT2D eigenvalue weighted by atomic mass is 9.81. The van der Waals surface area contributed by atoms with Gasteiger partial charge in [0.15, 0.2) is 6.67 Å². The fourth-order valence-corrected chi connectivity index (χ4v) is 4.82. The van der Waals surface area contributed by atoms with Crippen molar-refractivity contribution in [1.82, 2.24) is 4.90 Å². The number of hydrogen-bond acceptors (Lipinski definition) is 3. The van der Waals surface area contributed by atoms with E-state index in [0.29, 0.717) is 6.67 Å². The van der Waals surface area contributed by atoms with Crippen LogP contribution in [0.4, 0.5) is 5.69 Å². The molecule has 0 aromatic heterocycles. The third-order valence-electron chi connectivity index (χ3n) is 6.42. The number of piperidine rings is 1. The Labute approximate surface area is 159 Å². The van der Waals surface area contributed by atoms with Gasteiger partial charge in [0.2, 0.25) is 17.7 Å². The number of likely N-dealkylation sites (tertiary alicyclic amines) is 2. The molecule has 2 N–H and O–H groups in total. The van der Waals surface area contributed by atoms with E-state index < -0.39 is 0 Å². The molecule has 4 rings (SSSR count). The maximum atomic E-state index is 12.6. The van der Waals surface area contributed by atoms with Crippen LogP contribution in [0.25, 0.3) is 0 Å². The van der Waals surface area contributed by atoms with E-state index in [1.54, 1.807) is 0 Å². The highest BCUT2D eigenvalue weighted by atomic mass is 16.2. The summed E-state index contributed by atoms with van der Waals surface area (Å²) in [6, 6.07) is 9.52. The molecule has 2 heterocycles. The second kappa shape index (κ2) is 7.80. The number of rotatable bonds is 4. The summed E-state index contributed by atoms with van der Waals surface area (Å²) in [5.74, 6) is 0.0167. The predicted octanol–water partition coefficient (Wildman–Crippen LogP) is 1.05. The van der Waals surface area contributed by atoms with Gasteiger partial charge in [0, 0.05) is 24.4 Å². The Morgan fingerprint density at radius 2 is 1.56 bits per heavy atom. The Bertz CT molecular complexity index is 689. The van der Waals surface area contributed by atoms with Gasteiger partial charge in [-0.25, -0.2) is 4.90 Å². The minimum Gasteiger partial charge on any atom is -0.326 e. The van der Waals surface area contributed by atoms with Gasteiger partial charge in [-0.3, -0.25) is 14.4 Å². The van der Waals surface area contributed by atoms with E-state index in [9.17, 15) is 14.4 Å². The average Bonchev–Trinajstić information content (AvgIpc) is 2.94. The number of carbonyl (C=O) groups is 3. The van der Waals surface area contributed by atoms with Gasteiger partial charge in [-0.05, 0) is 25.0 Å². The van der Waals surface area contributed by atoms with Crippen molar-refractivity contribution < 1.29 is 19.3 Å². The van der Waals surface area contributed by atoms with Crippen molar-refractivity contribution in [3.8, 4) is 0 Å². The van der Waals surface area contributed by atoms with E-state index in [-0.39, 0.29) is 35.5 Å². The quantitative estimate of drug-likeness (QED) is 0.779. The van der Waals surface area contributed by atoms with Gasteiger partial charge in [-0.1, -0.05) is 31.0 Å². The summed E-state index contributed by atoms with van der Waals surface area (Å²) in [5, 5.41) is 2.98. The molecule has 1 aromatic rings. The SMILES string of the molecule is O=C(Nc1ccccc1)C1CC[NH+](CN2C(=O)[C@H]3CCCC[C@@H]3C2=O)CC1. The number of fused-ring (bicyclic) bond motifs is 1. The van der Waals surface area contributed by atoms with Crippen LogP contribution in [-0.2, 0) is 14.4 Å². The maximum absolute atomic E-state index is 12.6. The molecule has 27 heavy (non-hydrogen) atoms. The molecule has 1 aromatic carbocycles. The minimum atomic E-state index is -0.0696. The Hall–Kier alpha value is -2.21. The zero-order chi connectivity index (χ0) is 18.8. The summed E-state index contributed by atoms with van der Waals surface area (Å²) in [5.41, 5.74) is 0.827. The van der Waals surface area contributed by atoms with E-state index in [0.717, 1.165) is 57.3 Å². The smallest absolute Gasteiger partial charge is 0.237 e. The van der Waals surface area contributed by atoms with Gasteiger partial charge in [0.25, 0.3) is 0 Å². The minimum absolute atomic E-state index is 0.00141. The third kappa shape index (κ3) is 3.76. The van der Waals surface area contributed by atoms with Crippen LogP contribution in [0, 0.1) is 17.8 Å². The molecule has 3 amide bonds. The highest BCUT2D eigenvalue weighted by Gasteiger charge is 2.49. The molecule has 144 valence electrons. The number of quaternary nitrogens is 1. The standard InChI is InChI=1S/C21H27N3O3/c25-19(22-16-6-2-1-3-7-16)15-10-12-23(13-11-15)14-24-20(26)17-8-4-5-9-18(17)21(24)27/h1-3,6-7,15,17-18H,4-5,8-14H2,(H,22,25)/p+1/t17-,18-/m0/s1. The molecule has 2 atom stereocenters. The normalized spacial score (nSPS) is 30.9. The van der Waals surface area contributed by atoms with E-state index >= 15 is 0 Å². The number of anilines is 1. The zero-order valence-corrected chi connectivity index (χ0v) is 15.7. The van der Waals surface area contributed by atoms with Gasteiger partial charge in [-0.2, -0.15) is 0 Å². The molecule has 0 unspecified atom stereocenters. The highest BCUT2D eigenvalue weighted by molar-refractivity contribution is 6.05. The number of nitrogens with zero attached hydrogens (tertiary/aromatic N) is 1. The van der Waals surface area contributed by atoms with Crippen LogP contribution in [0.5, 0.6) is 0 Å². The van der Waals surface area contributed by atoms with E-state index in [2.05, 4.69) is 5.32 Å². The number of imide groups is 1. The molecule has 0 spiro atoms. The van der Waals surface area contributed by atoms with E-state index in [4.69, 9.17) is 0 Å². The van der Waals surface area contributed by atoms with E-state index in [1.807, 2.05) is 30.3 Å². The number of benzene rings is 1. The topological polar surface area (TPSA) is 70.9 Å². The van der Waals surface area contributed by atoms with E-state index in [1.165, 1.54) is 9.80 Å². The maximum Gasteiger partial charge on any atom is 0.237 e. The van der Waals surface area contributed by atoms with Gasteiger partial charge >= 0.3 is 0 Å². The Balaban J connectivity index is 1.29. The van der Waals surface area contributed by atoms with Crippen LogP contribution in [0.3, 0.4) is 0 Å². The summed E-state index contributed by atoms with van der Waals surface area (Å²) < 4.78 is 0. The first-order valence-corrected chi connectivity index (χ1v) is 10.2. The van der Waals surface area contributed by atoms with Crippen LogP contribution in [0.15, 0.2) is 30.3 Å². The monoisotopic (exact) mass is 370 g/mol. The van der Waals surface area contributed by atoms with Crippen LogP contribution in [0.2, 0.25) is 0 Å². The molecule has 0 bridgehead atoms. The first kappa shape index (κ1) is 18.2. The van der Waals surface area contributed by atoms with Crippen LogP contribution in [0.1, 0.15) is 38.5 Å². The summed E-state index contributed by atoms with van der Waals surface area (Å²) >= 11 is 0. The largest absolute Gasteiger partial charge is 0.326 e. The Morgan fingerprint density at radius 3 is 2.15 bits per heavy atom. The molecular weight excluding hydrogens is 342 g/mol. The summed E-state index contributed by atoms with van der Waals surface area (Å²) in [4.78, 5) is 40.5. The van der Waals surface area contributed by atoms with Gasteiger partial charge < -0.3 is 10.2 Å². The molecule has 6 nitrogen and oxygen atoms in total. The second-order valence-corrected chi connectivity index (χ2v) is 8.14. The number of carbonyl (C=O) groups excluding carboxylic acids is 3. The van der Waals surface area contributed by atoms with Crippen LogP contribution >= 0.6 is 0 Å². The lowest BCUT2D eigenvalue weighted by Crippen LogP contribution is -3.14. The number of nitrogens with one attached hydrogen (secondary N) is 2. The molecule has 2 aliphatic heterocycles. The molecule has 6 heteroatoms. The number of amides is 3. The molecule has 1 saturated carbocycles.